The van der Waals surface area contributed by atoms with E-state index in [1.54, 1.807) is 0 Å². The normalized spacial score (nSPS) is 29.4. The van der Waals surface area contributed by atoms with Gasteiger partial charge in [0.25, 0.3) is 5.91 Å². The zero-order valence-electron chi connectivity index (χ0n) is 12.8. The van der Waals surface area contributed by atoms with Gasteiger partial charge in [0.2, 0.25) is 0 Å². The summed E-state index contributed by atoms with van der Waals surface area (Å²) in [5.74, 6) is 2.59. The summed E-state index contributed by atoms with van der Waals surface area (Å²) < 4.78 is 0. The van der Waals surface area contributed by atoms with Crippen LogP contribution in [0.25, 0.3) is 0 Å². The number of fused-ring (bicyclic) bond motifs is 2. The fourth-order valence-corrected chi connectivity index (χ4v) is 4.29. The van der Waals surface area contributed by atoms with Crippen molar-refractivity contribution in [2.75, 3.05) is 0 Å². The molecule has 1 aromatic carbocycles. The van der Waals surface area contributed by atoms with Crippen LogP contribution in [0.4, 0.5) is 0 Å². The monoisotopic (exact) mass is 271 g/mol. The third kappa shape index (κ3) is 2.36. The maximum Gasteiger partial charge on any atom is 0.251 e. The minimum atomic E-state index is 0.0986. The van der Waals surface area contributed by atoms with E-state index in [1.807, 2.05) is 19.1 Å². The first-order chi connectivity index (χ1) is 9.56. The molecule has 1 N–H and O–H groups in total. The third-order valence-electron chi connectivity index (χ3n) is 5.64. The summed E-state index contributed by atoms with van der Waals surface area (Å²) in [4.78, 5) is 12.5. The lowest BCUT2D eigenvalue weighted by Gasteiger charge is -2.28. The van der Waals surface area contributed by atoms with Crippen molar-refractivity contribution < 1.29 is 4.79 Å². The Morgan fingerprint density at radius 3 is 2.70 bits per heavy atom. The Morgan fingerprint density at radius 1 is 1.25 bits per heavy atom. The quantitative estimate of drug-likeness (QED) is 0.888. The molecule has 108 valence electrons. The van der Waals surface area contributed by atoms with Crippen molar-refractivity contribution in [3.63, 3.8) is 0 Å². The molecule has 0 radical (unpaired) electrons. The average Bonchev–Trinajstić information content (AvgIpc) is 3.04. The third-order valence-corrected chi connectivity index (χ3v) is 5.64. The zero-order valence-corrected chi connectivity index (χ0v) is 12.8. The largest absolute Gasteiger partial charge is 0.349 e. The van der Waals surface area contributed by atoms with Crippen LogP contribution in [0.5, 0.6) is 0 Å². The number of nitrogens with one attached hydrogen (secondary N) is 1. The summed E-state index contributed by atoms with van der Waals surface area (Å²) in [6.07, 6.45) is 5.51. The van der Waals surface area contributed by atoms with Gasteiger partial charge in [0.05, 0.1) is 0 Å². The molecule has 2 fully saturated rings. The Labute approximate surface area is 122 Å². The van der Waals surface area contributed by atoms with E-state index in [0.29, 0.717) is 12.0 Å². The maximum absolute atomic E-state index is 12.5. The Balaban J connectivity index is 1.68. The Morgan fingerprint density at radius 2 is 2.05 bits per heavy atom. The molecular formula is C18H25NO. The minimum Gasteiger partial charge on any atom is -0.349 e. The van der Waals surface area contributed by atoms with Crippen LogP contribution in [0.15, 0.2) is 18.2 Å². The highest BCUT2D eigenvalue weighted by Gasteiger charge is 2.42. The summed E-state index contributed by atoms with van der Waals surface area (Å²) in [7, 11) is 0. The van der Waals surface area contributed by atoms with Gasteiger partial charge in [-0.05, 0) is 75.0 Å². The van der Waals surface area contributed by atoms with Crippen molar-refractivity contribution in [3.8, 4) is 0 Å². The molecule has 0 saturated heterocycles. The van der Waals surface area contributed by atoms with E-state index in [2.05, 4.69) is 25.2 Å². The number of amides is 1. The molecule has 4 atom stereocenters. The Hall–Kier alpha value is -1.31. The van der Waals surface area contributed by atoms with Gasteiger partial charge in [-0.25, -0.2) is 0 Å². The van der Waals surface area contributed by atoms with Crippen LogP contribution in [0, 0.1) is 31.6 Å². The van der Waals surface area contributed by atoms with Crippen LogP contribution >= 0.6 is 0 Å². The lowest BCUT2D eigenvalue weighted by molar-refractivity contribution is 0.0914. The summed E-state index contributed by atoms with van der Waals surface area (Å²) in [6, 6.07) is 6.27. The SMILES string of the molecule is Cc1cccc(C(=O)NC(C)C2CC3CCC2C3)c1C. The number of hydrogen-bond donors (Lipinski definition) is 1. The molecule has 0 heterocycles. The minimum absolute atomic E-state index is 0.0986. The molecule has 2 aliphatic carbocycles. The van der Waals surface area contributed by atoms with E-state index < -0.39 is 0 Å². The number of benzene rings is 1. The Bertz CT molecular complexity index is 522. The van der Waals surface area contributed by atoms with Gasteiger partial charge < -0.3 is 5.32 Å². The maximum atomic E-state index is 12.5. The second-order valence-corrected chi connectivity index (χ2v) is 6.85. The van der Waals surface area contributed by atoms with Crippen molar-refractivity contribution >= 4 is 5.91 Å². The van der Waals surface area contributed by atoms with Gasteiger partial charge in [-0.2, -0.15) is 0 Å². The predicted octanol–water partition coefficient (Wildman–Crippen LogP) is 3.86. The second kappa shape index (κ2) is 5.23. The predicted molar refractivity (Wildman–Crippen MR) is 81.8 cm³/mol. The molecule has 2 nitrogen and oxygen atoms in total. The molecular weight excluding hydrogens is 246 g/mol. The van der Waals surface area contributed by atoms with E-state index in [1.165, 1.54) is 31.2 Å². The number of carbonyl (C=O) groups excluding carboxylic acids is 1. The van der Waals surface area contributed by atoms with Gasteiger partial charge in [0.15, 0.2) is 0 Å². The first-order valence-electron chi connectivity index (χ1n) is 7.93. The van der Waals surface area contributed by atoms with E-state index in [0.717, 1.165) is 23.0 Å². The number of carbonyl (C=O) groups is 1. The molecule has 2 saturated carbocycles. The molecule has 0 aromatic heterocycles. The molecule has 20 heavy (non-hydrogen) atoms. The van der Waals surface area contributed by atoms with E-state index in [4.69, 9.17) is 0 Å². The molecule has 2 heteroatoms. The highest BCUT2D eigenvalue weighted by Crippen LogP contribution is 2.49. The first-order valence-corrected chi connectivity index (χ1v) is 7.93. The van der Waals surface area contributed by atoms with E-state index >= 15 is 0 Å². The summed E-state index contributed by atoms with van der Waals surface area (Å²) in [5, 5.41) is 3.25. The molecule has 1 amide bonds. The molecule has 2 aliphatic rings. The van der Waals surface area contributed by atoms with Crippen LogP contribution in [-0.4, -0.2) is 11.9 Å². The number of hydrogen-bond acceptors (Lipinski definition) is 1. The van der Waals surface area contributed by atoms with E-state index in [-0.39, 0.29) is 5.91 Å². The van der Waals surface area contributed by atoms with Gasteiger partial charge in [-0.3, -0.25) is 4.79 Å². The standard InChI is InChI=1S/C18H25NO/c1-11-5-4-6-16(12(11)2)18(20)19-13(3)17-10-14-7-8-15(17)9-14/h4-6,13-15,17H,7-10H2,1-3H3,(H,19,20). The molecule has 0 aliphatic heterocycles. The number of rotatable bonds is 3. The smallest absolute Gasteiger partial charge is 0.251 e. The highest BCUT2D eigenvalue weighted by atomic mass is 16.1. The van der Waals surface area contributed by atoms with Crippen molar-refractivity contribution in [1.82, 2.24) is 5.32 Å². The van der Waals surface area contributed by atoms with Gasteiger partial charge >= 0.3 is 0 Å². The lowest BCUT2D eigenvalue weighted by Crippen LogP contribution is -2.40. The van der Waals surface area contributed by atoms with Crippen molar-refractivity contribution in [2.45, 2.75) is 52.5 Å². The van der Waals surface area contributed by atoms with Crippen molar-refractivity contribution in [3.05, 3.63) is 34.9 Å². The van der Waals surface area contributed by atoms with E-state index in [9.17, 15) is 4.79 Å². The average molecular weight is 271 g/mol. The Kier molecular flexibility index (Phi) is 3.57. The molecule has 1 aromatic rings. The summed E-state index contributed by atoms with van der Waals surface area (Å²) >= 11 is 0. The summed E-state index contributed by atoms with van der Waals surface area (Å²) in [5.41, 5.74) is 3.12. The highest BCUT2D eigenvalue weighted by molar-refractivity contribution is 5.96. The van der Waals surface area contributed by atoms with Gasteiger partial charge in [0, 0.05) is 11.6 Å². The lowest BCUT2D eigenvalue weighted by atomic mass is 9.84. The summed E-state index contributed by atoms with van der Waals surface area (Å²) in [6.45, 7) is 6.28. The molecule has 2 bridgehead atoms. The zero-order chi connectivity index (χ0) is 14.3. The van der Waals surface area contributed by atoms with Gasteiger partial charge in [0.1, 0.15) is 0 Å². The molecule has 3 rings (SSSR count). The van der Waals surface area contributed by atoms with Gasteiger partial charge in [-0.1, -0.05) is 18.6 Å². The van der Waals surface area contributed by atoms with Crippen LogP contribution < -0.4 is 5.32 Å². The molecule has 0 spiro atoms. The van der Waals surface area contributed by atoms with Crippen LogP contribution in [-0.2, 0) is 0 Å². The topological polar surface area (TPSA) is 29.1 Å². The fourth-order valence-electron chi connectivity index (χ4n) is 4.29. The van der Waals surface area contributed by atoms with Crippen LogP contribution in [0.1, 0.15) is 54.1 Å². The number of aryl methyl sites for hydroxylation is 1. The van der Waals surface area contributed by atoms with Gasteiger partial charge in [-0.15, -0.1) is 0 Å². The fraction of sp³-hybridized carbons (Fsp3) is 0.611. The second-order valence-electron chi connectivity index (χ2n) is 6.85. The van der Waals surface area contributed by atoms with Crippen molar-refractivity contribution in [1.29, 1.82) is 0 Å². The van der Waals surface area contributed by atoms with Crippen molar-refractivity contribution in [2.24, 2.45) is 17.8 Å². The van der Waals surface area contributed by atoms with Crippen LogP contribution in [0.2, 0.25) is 0 Å². The first kappa shape index (κ1) is 13.7. The molecule has 4 unspecified atom stereocenters. The van der Waals surface area contributed by atoms with Crippen LogP contribution in [0.3, 0.4) is 0 Å².